The monoisotopic (exact) mass is 311 g/mol. The van der Waals surface area contributed by atoms with Gasteiger partial charge < -0.3 is 0 Å². The second kappa shape index (κ2) is 6.97. The Morgan fingerprint density at radius 1 is 1.38 bits per heavy atom. The smallest absolute Gasteiger partial charge is 0.214 e. The Morgan fingerprint density at radius 2 is 2.00 bits per heavy atom. The molecule has 1 saturated carbocycles. The highest BCUT2D eigenvalue weighted by atomic mass is 79.9. The van der Waals surface area contributed by atoms with Crippen LogP contribution in [0.25, 0.3) is 0 Å². The summed E-state index contributed by atoms with van der Waals surface area (Å²) in [4.78, 5) is 0. The predicted molar refractivity (Wildman–Crippen MR) is 71.4 cm³/mol. The highest BCUT2D eigenvalue weighted by Gasteiger charge is 2.28. The number of rotatable bonds is 7. The first kappa shape index (κ1) is 14.5. The van der Waals surface area contributed by atoms with Crippen molar-refractivity contribution in [1.82, 2.24) is 4.72 Å². The normalized spacial score (nSPS) is 20.1. The third-order valence-corrected chi connectivity index (χ3v) is 5.78. The van der Waals surface area contributed by atoms with Crippen LogP contribution in [0.3, 0.4) is 0 Å². The molecule has 0 radical (unpaired) electrons. The maximum absolute atomic E-state index is 11.9. The predicted octanol–water partition coefficient (Wildman–Crippen LogP) is 2.66. The van der Waals surface area contributed by atoms with Gasteiger partial charge in [0.2, 0.25) is 10.0 Å². The lowest BCUT2D eigenvalue weighted by Crippen LogP contribution is -2.36. The van der Waals surface area contributed by atoms with E-state index in [-0.39, 0.29) is 5.25 Å². The molecule has 0 aromatic carbocycles. The van der Waals surface area contributed by atoms with Gasteiger partial charge in [0.15, 0.2) is 0 Å². The standard InChI is InChI=1S/C11H22BrNO2S/c1-2-10(7-8-12)9-13-16(14,15)11-5-3-4-6-11/h10-11,13H,2-9H2,1H3. The minimum Gasteiger partial charge on any atom is -0.215 e. The first-order valence-corrected chi connectivity index (χ1v) is 8.81. The lowest BCUT2D eigenvalue weighted by Gasteiger charge is -2.17. The molecule has 0 saturated heterocycles. The highest BCUT2D eigenvalue weighted by molar-refractivity contribution is 9.09. The topological polar surface area (TPSA) is 46.2 Å². The number of halogens is 1. The molecule has 0 heterocycles. The molecule has 1 unspecified atom stereocenters. The Bertz CT molecular complexity index is 286. The van der Waals surface area contributed by atoms with Crippen molar-refractivity contribution in [3.63, 3.8) is 0 Å². The average molecular weight is 312 g/mol. The number of hydrogen-bond acceptors (Lipinski definition) is 2. The van der Waals surface area contributed by atoms with Crippen LogP contribution in [0.5, 0.6) is 0 Å². The number of alkyl halides is 1. The summed E-state index contributed by atoms with van der Waals surface area (Å²) in [5.41, 5.74) is 0. The maximum atomic E-state index is 11.9. The van der Waals surface area contributed by atoms with Crippen molar-refractivity contribution in [3.8, 4) is 0 Å². The molecule has 1 aliphatic carbocycles. The fourth-order valence-corrected chi connectivity index (χ4v) is 4.46. The van der Waals surface area contributed by atoms with Gasteiger partial charge in [-0.2, -0.15) is 0 Å². The van der Waals surface area contributed by atoms with Gasteiger partial charge in [-0.1, -0.05) is 42.1 Å². The molecule has 0 aromatic heterocycles. The Morgan fingerprint density at radius 3 is 2.50 bits per heavy atom. The van der Waals surface area contributed by atoms with Crippen LogP contribution in [0.4, 0.5) is 0 Å². The molecule has 0 aromatic rings. The van der Waals surface area contributed by atoms with E-state index in [1.807, 2.05) is 0 Å². The molecular weight excluding hydrogens is 290 g/mol. The molecule has 1 aliphatic rings. The van der Waals surface area contributed by atoms with Crippen molar-refractivity contribution in [2.75, 3.05) is 11.9 Å². The first-order valence-electron chi connectivity index (χ1n) is 6.14. The summed E-state index contributed by atoms with van der Waals surface area (Å²) in [5, 5.41) is 0.811. The van der Waals surface area contributed by atoms with Gasteiger partial charge in [-0.15, -0.1) is 0 Å². The van der Waals surface area contributed by atoms with Crippen molar-refractivity contribution >= 4 is 26.0 Å². The molecule has 16 heavy (non-hydrogen) atoms. The Kier molecular flexibility index (Phi) is 6.29. The zero-order chi connectivity index (χ0) is 12.0. The Balaban J connectivity index is 2.40. The van der Waals surface area contributed by atoms with Crippen LogP contribution in [-0.2, 0) is 10.0 Å². The van der Waals surface area contributed by atoms with Gasteiger partial charge in [-0.3, -0.25) is 0 Å². The van der Waals surface area contributed by atoms with Crippen LogP contribution in [0.1, 0.15) is 45.4 Å². The number of sulfonamides is 1. The summed E-state index contributed by atoms with van der Waals surface area (Å²) in [6.45, 7) is 2.71. The van der Waals surface area contributed by atoms with Crippen molar-refractivity contribution in [2.24, 2.45) is 5.92 Å². The van der Waals surface area contributed by atoms with Gasteiger partial charge in [0, 0.05) is 11.9 Å². The molecule has 1 N–H and O–H groups in total. The minimum absolute atomic E-state index is 0.131. The lowest BCUT2D eigenvalue weighted by molar-refractivity contribution is 0.479. The molecular formula is C11H22BrNO2S. The van der Waals surface area contributed by atoms with E-state index >= 15 is 0 Å². The van der Waals surface area contributed by atoms with Gasteiger partial charge in [0.1, 0.15) is 0 Å². The minimum atomic E-state index is -3.05. The second-order valence-corrected chi connectivity index (χ2v) is 7.39. The Hall–Kier alpha value is 0.390. The van der Waals surface area contributed by atoms with Crippen LogP contribution in [0, 0.1) is 5.92 Å². The molecule has 96 valence electrons. The molecule has 0 amide bonds. The van der Waals surface area contributed by atoms with E-state index in [2.05, 4.69) is 27.6 Å². The maximum Gasteiger partial charge on any atom is 0.214 e. The summed E-state index contributed by atoms with van der Waals surface area (Å²) in [7, 11) is -3.05. The van der Waals surface area contributed by atoms with Gasteiger partial charge in [0.05, 0.1) is 5.25 Å². The summed E-state index contributed by atoms with van der Waals surface area (Å²) in [5.74, 6) is 0.454. The van der Waals surface area contributed by atoms with E-state index in [1.165, 1.54) is 0 Å². The first-order chi connectivity index (χ1) is 7.60. The SMILES string of the molecule is CCC(CCBr)CNS(=O)(=O)C1CCCC1. The zero-order valence-electron chi connectivity index (χ0n) is 9.91. The molecule has 0 aliphatic heterocycles. The van der Waals surface area contributed by atoms with Crippen molar-refractivity contribution in [2.45, 2.75) is 50.7 Å². The molecule has 0 bridgehead atoms. The van der Waals surface area contributed by atoms with Gasteiger partial charge in [-0.05, 0) is 25.2 Å². The third kappa shape index (κ3) is 4.34. The number of hydrogen-bond donors (Lipinski definition) is 1. The Labute approximate surface area is 108 Å². The van der Waals surface area contributed by atoms with Crippen LogP contribution in [0.2, 0.25) is 0 Å². The number of nitrogens with one attached hydrogen (secondary N) is 1. The van der Waals surface area contributed by atoms with Crippen LogP contribution in [-0.4, -0.2) is 25.5 Å². The molecule has 3 nitrogen and oxygen atoms in total. The lowest BCUT2D eigenvalue weighted by atomic mass is 10.0. The van der Waals surface area contributed by atoms with E-state index < -0.39 is 10.0 Å². The van der Waals surface area contributed by atoms with Gasteiger partial charge in [-0.25, -0.2) is 13.1 Å². The summed E-state index contributed by atoms with van der Waals surface area (Å²) < 4.78 is 26.7. The van der Waals surface area contributed by atoms with Crippen LogP contribution >= 0.6 is 15.9 Å². The summed E-state index contributed by atoms with van der Waals surface area (Å²) >= 11 is 3.40. The van der Waals surface area contributed by atoms with E-state index in [0.29, 0.717) is 12.5 Å². The molecule has 1 rings (SSSR count). The molecule has 0 spiro atoms. The van der Waals surface area contributed by atoms with Crippen LogP contribution in [0.15, 0.2) is 0 Å². The fraction of sp³-hybridized carbons (Fsp3) is 1.00. The van der Waals surface area contributed by atoms with E-state index in [1.54, 1.807) is 0 Å². The fourth-order valence-electron chi connectivity index (χ4n) is 2.16. The summed E-state index contributed by atoms with van der Waals surface area (Å²) in [6.07, 6.45) is 5.85. The third-order valence-electron chi connectivity index (χ3n) is 3.41. The molecule has 1 atom stereocenters. The van der Waals surface area contributed by atoms with Crippen molar-refractivity contribution in [3.05, 3.63) is 0 Å². The van der Waals surface area contributed by atoms with Gasteiger partial charge in [0.25, 0.3) is 0 Å². The zero-order valence-corrected chi connectivity index (χ0v) is 12.3. The van der Waals surface area contributed by atoms with Crippen molar-refractivity contribution < 1.29 is 8.42 Å². The second-order valence-electron chi connectivity index (χ2n) is 4.55. The van der Waals surface area contributed by atoms with Crippen molar-refractivity contribution in [1.29, 1.82) is 0 Å². The van der Waals surface area contributed by atoms with E-state index in [4.69, 9.17) is 0 Å². The summed E-state index contributed by atoms with van der Waals surface area (Å²) in [6, 6.07) is 0. The largest absolute Gasteiger partial charge is 0.215 e. The molecule has 5 heteroatoms. The quantitative estimate of drug-likeness (QED) is 0.735. The molecule has 1 fully saturated rings. The van der Waals surface area contributed by atoms with E-state index in [0.717, 1.165) is 43.9 Å². The van der Waals surface area contributed by atoms with E-state index in [9.17, 15) is 8.42 Å². The average Bonchev–Trinajstić information content (AvgIpc) is 2.78. The highest BCUT2D eigenvalue weighted by Crippen LogP contribution is 2.24. The van der Waals surface area contributed by atoms with Crippen LogP contribution < -0.4 is 4.72 Å². The van der Waals surface area contributed by atoms with Gasteiger partial charge >= 0.3 is 0 Å².